The smallest absolute Gasteiger partial charge is 0.388 e. The van der Waals surface area contributed by atoms with Crippen LogP contribution in [0.3, 0.4) is 0 Å². The van der Waals surface area contributed by atoms with Gasteiger partial charge in [0, 0.05) is 75.0 Å². The summed E-state index contributed by atoms with van der Waals surface area (Å²) in [5.74, 6) is 1.49. The maximum Gasteiger partial charge on any atom is 0.416 e. The Morgan fingerprint density at radius 3 is 1.89 bits per heavy atom. The number of hydrogen-bond donors (Lipinski definition) is 2. The first-order chi connectivity index (χ1) is 25.1. The number of halogens is 6. The molecule has 1 aliphatic carbocycles. The lowest BCUT2D eigenvalue weighted by atomic mass is 9.84. The molecule has 2 fully saturated rings. The molecule has 1 aliphatic heterocycles. The second-order valence-corrected chi connectivity index (χ2v) is 13.0. The minimum Gasteiger partial charge on any atom is -0.388 e. The Balaban J connectivity index is 0.000000646. The maximum atomic E-state index is 13.4. The van der Waals surface area contributed by atoms with Gasteiger partial charge >= 0.3 is 12.4 Å². The van der Waals surface area contributed by atoms with E-state index >= 15 is 0 Å². The van der Waals surface area contributed by atoms with Gasteiger partial charge in [-0.25, -0.2) is 9.97 Å². The monoisotopic (exact) mass is 759 g/mol. The molecule has 10 nitrogen and oxygen atoms in total. The lowest BCUT2D eigenvalue weighted by Gasteiger charge is -2.29. The van der Waals surface area contributed by atoms with Crippen molar-refractivity contribution in [2.45, 2.75) is 90.3 Å². The van der Waals surface area contributed by atoms with Crippen molar-refractivity contribution in [3.05, 3.63) is 59.7 Å². The Morgan fingerprint density at radius 2 is 1.49 bits per heavy atom. The topological polar surface area (TPSA) is 116 Å². The van der Waals surface area contributed by atoms with Crippen LogP contribution in [0.1, 0.15) is 76.0 Å². The molecule has 0 spiro atoms. The molecule has 53 heavy (non-hydrogen) atoms. The van der Waals surface area contributed by atoms with Crippen molar-refractivity contribution in [2.24, 2.45) is 11.8 Å². The molecule has 1 saturated carbocycles. The average molecular weight is 760 g/mol. The fraction of sp³-hybridized carbons (Fsp3) is 0.595. The number of likely N-dealkylation sites (N-methyl/N-ethyl adjacent to an activating group) is 1. The van der Waals surface area contributed by atoms with E-state index in [4.69, 9.17) is 4.79 Å². The van der Waals surface area contributed by atoms with E-state index in [9.17, 15) is 31.1 Å². The highest BCUT2D eigenvalue weighted by Gasteiger charge is 2.38. The minimum absolute atomic E-state index is 0.114. The van der Waals surface area contributed by atoms with Crippen LogP contribution >= 0.6 is 0 Å². The van der Waals surface area contributed by atoms with Gasteiger partial charge < -0.3 is 29.4 Å². The highest BCUT2D eigenvalue weighted by molar-refractivity contribution is 5.60. The number of carbonyl (C=O) groups is 2. The molecule has 2 atom stereocenters. The number of nitrogens with zero attached hydrogens (tertiary/aromatic N) is 5. The number of aromatic nitrogens is 4. The normalized spacial score (nSPS) is 19.9. The van der Waals surface area contributed by atoms with Gasteiger partial charge in [0.1, 0.15) is 13.1 Å². The van der Waals surface area contributed by atoms with Crippen LogP contribution in [0.15, 0.2) is 43.0 Å². The van der Waals surface area contributed by atoms with Crippen molar-refractivity contribution in [3.8, 4) is 11.1 Å². The molecule has 298 valence electrons. The van der Waals surface area contributed by atoms with Crippen LogP contribution < -0.4 is 10.2 Å². The number of hydrogen-bond acceptors (Lipinski definition) is 9. The van der Waals surface area contributed by atoms with Crippen molar-refractivity contribution in [2.75, 3.05) is 46.3 Å². The quantitative estimate of drug-likeness (QED) is 0.176. The second-order valence-electron chi connectivity index (χ2n) is 13.0. The largest absolute Gasteiger partial charge is 0.416 e. The standard InChI is InChI=1S/C23H24F6N6.C8H14O.C3H9N.C2H6O.CH2O/c1-3-19-7-20(13-34(19)2)35(21-30-8-15(9-31-21)16-10-32-33-11-16)12-14-4-17(22(24,25)26)6-18(5-14)23(27,28)29;1-7-2-4-8(6-9)5-3-7;1-3-4-2;1-3-2;1-2/h4-6,8-11,19-20H,3,7,12-13H2,1-2H3,(H,32,33);6-8H,2-5H2,1H3;4H,3H2,1-2H3;1-2H3;1H2/t19-,20+;;;;/m1..../s1. The van der Waals surface area contributed by atoms with Gasteiger partial charge in [-0.15, -0.1) is 0 Å². The molecule has 0 radical (unpaired) electrons. The summed E-state index contributed by atoms with van der Waals surface area (Å²) in [5, 5.41) is 9.50. The number of methoxy groups -OCH3 is 1. The molecular formula is C37H55F6N7O3. The molecule has 1 aromatic carbocycles. The van der Waals surface area contributed by atoms with Crippen LogP contribution in [-0.2, 0) is 33.2 Å². The highest BCUT2D eigenvalue weighted by atomic mass is 19.4. The molecule has 1 saturated heterocycles. The van der Waals surface area contributed by atoms with Gasteiger partial charge in [-0.2, -0.15) is 31.4 Å². The van der Waals surface area contributed by atoms with Crippen molar-refractivity contribution in [1.29, 1.82) is 0 Å². The molecule has 5 rings (SSSR count). The third-order valence-electron chi connectivity index (χ3n) is 8.91. The van der Waals surface area contributed by atoms with Gasteiger partial charge in [-0.05, 0) is 76.0 Å². The summed E-state index contributed by atoms with van der Waals surface area (Å²) in [7, 11) is 7.13. The minimum atomic E-state index is -4.91. The zero-order valence-electron chi connectivity index (χ0n) is 31.7. The molecule has 2 aromatic heterocycles. The van der Waals surface area contributed by atoms with Crippen LogP contribution in [-0.4, -0.2) is 91.6 Å². The van der Waals surface area contributed by atoms with E-state index in [1.54, 1.807) is 43.9 Å². The average Bonchev–Trinajstić information content (AvgIpc) is 3.82. The molecule has 3 aromatic rings. The van der Waals surface area contributed by atoms with Crippen molar-refractivity contribution in [1.82, 2.24) is 30.4 Å². The molecule has 2 aliphatic rings. The number of alkyl halides is 6. The fourth-order valence-electron chi connectivity index (χ4n) is 5.87. The summed E-state index contributed by atoms with van der Waals surface area (Å²) in [5.41, 5.74) is -1.36. The number of H-pyrrole nitrogens is 1. The number of anilines is 1. The Labute approximate surface area is 309 Å². The SMILES string of the molecule is C=O.CC1CCC(C=O)CC1.CCNC.CC[C@@H]1C[C@H](N(Cc2cc(C(F)(F)F)cc(C(F)(F)F)c2)c2ncc(-c3cn[nH]c3)cn2)CN1C.COC. The highest BCUT2D eigenvalue weighted by Crippen LogP contribution is 2.37. The predicted molar refractivity (Wildman–Crippen MR) is 194 cm³/mol. The van der Waals surface area contributed by atoms with Crippen LogP contribution in [0.4, 0.5) is 32.3 Å². The maximum absolute atomic E-state index is 13.4. The van der Waals surface area contributed by atoms with E-state index < -0.39 is 23.5 Å². The Hall–Kier alpha value is -3.89. The lowest BCUT2D eigenvalue weighted by Crippen LogP contribution is -2.38. The van der Waals surface area contributed by atoms with Gasteiger partial charge in [0.15, 0.2) is 0 Å². The first kappa shape index (κ1) is 47.1. The number of nitrogens with one attached hydrogen (secondary N) is 2. The van der Waals surface area contributed by atoms with Gasteiger partial charge in [0.25, 0.3) is 0 Å². The summed E-state index contributed by atoms with van der Waals surface area (Å²) < 4.78 is 84.7. The van der Waals surface area contributed by atoms with Crippen LogP contribution in [0.5, 0.6) is 0 Å². The van der Waals surface area contributed by atoms with Crippen molar-refractivity contribution in [3.63, 3.8) is 0 Å². The zero-order chi connectivity index (χ0) is 40.2. The summed E-state index contributed by atoms with van der Waals surface area (Å²) in [6.45, 7) is 9.82. The number of rotatable bonds is 8. The molecule has 0 amide bonds. The molecular weight excluding hydrogens is 704 g/mol. The summed E-state index contributed by atoms with van der Waals surface area (Å²) in [6, 6.07) is 1.71. The van der Waals surface area contributed by atoms with E-state index in [0.717, 1.165) is 55.7 Å². The summed E-state index contributed by atoms with van der Waals surface area (Å²) in [6.07, 6.45) is 3.98. The Morgan fingerprint density at radius 1 is 0.962 bits per heavy atom. The summed E-state index contributed by atoms with van der Waals surface area (Å²) in [4.78, 5) is 30.9. The van der Waals surface area contributed by atoms with E-state index in [1.807, 2.05) is 27.8 Å². The molecule has 16 heteroatoms. The number of aldehydes is 1. The Bertz CT molecular complexity index is 1380. The first-order valence-electron chi connectivity index (χ1n) is 17.5. The van der Waals surface area contributed by atoms with Crippen LogP contribution in [0.2, 0.25) is 0 Å². The van der Waals surface area contributed by atoms with Crippen LogP contribution in [0.25, 0.3) is 11.1 Å². The van der Waals surface area contributed by atoms with E-state index in [1.165, 1.54) is 12.8 Å². The molecule has 3 heterocycles. The molecule has 0 unspecified atom stereocenters. The number of carbonyl (C=O) groups excluding carboxylic acids is 2. The third-order valence-corrected chi connectivity index (χ3v) is 8.91. The van der Waals surface area contributed by atoms with Crippen molar-refractivity contribution < 1.29 is 40.7 Å². The lowest BCUT2D eigenvalue weighted by molar-refractivity contribution is -0.143. The van der Waals surface area contributed by atoms with Gasteiger partial charge in [-0.3, -0.25) is 5.10 Å². The third kappa shape index (κ3) is 15.9. The second kappa shape index (κ2) is 23.7. The number of ether oxygens (including phenoxy) is 1. The number of likely N-dealkylation sites (tertiary alicyclic amines) is 1. The van der Waals surface area contributed by atoms with Gasteiger partial charge in [0.2, 0.25) is 5.95 Å². The first-order valence-corrected chi connectivity index (χ1v) is 17.5. The van der Waals surface area contributed by atoms with Crippen molar-refractivity contribution >= 4 is 19.0 Å². The van der Waals surface area contributed by atoms with E-state index in [2.05, 4.69) is 49.0 Å². The number of benzene rings is 1. The van der Waals surface area contributed by atoms with Crippen LogP contribution in [0, 0.1) is 11.8 Å². The van der Waals surface area contributed by atoms with Gasteiger partial charge in [-0.1, -0.05) is 33.6 Å². The predicted octanol–water partition coefficient (Wildman–Crippen LogP) is 7.71. The molecule has 2 N–H and O–H groups in total. The molecule has 0 bridgehead atoms. The van der Waals surface area contributed by atoms with Gasteiger partial charge in [0.05, 0.1) is 17.3 Å². The zero-order valence-corrected chi connectivity index (χ0v) is 31.7. The van der Waals surface area contributed by atoms with E-state index in [-0.39, 0.29) is 36.2 Å². The Kier molecular flexibility index (Phi) is 21.1. The number of aromatic amines is 1. The fourth-order valence-corrected chi connectivity index (χ4v) is 5.87. The van der Waals surface area contributed by atoms with E-state index in [0.29, 0.717) is 24.4 Å². The summed E-state index contributed by atoms with van der Waals surface area (Å²) >= 11 is 0.